The molecule has 1 amide bonds. The Balaban J connectivity index is 2.00. The Morgan fingerprint density at radius 2 is 2.05 bits per heavy atom. The molecule has 1 aromatic rings. The molecule has 4 heteroatoms. The summed E-state index contributed by atoms with van der Waals surface area (Å²) in [7, 11) is 0. The molecule has 1 aliphatic rings. The van der Waals surface area contributed by atoms with Crippen LogP contribution in [-0.2, 0) is 4.79 Å². The number of benzene rings is 1. The SMILES string of the molecule is CCN(CC)C(CNC(=O)C1CCCN1)c1ccccc1. The zero-order chi connectivity index (χ0) is 15.1. The van der Waals surface area contributed by atoms with Gasteiger partial charge in [0.2, 0.25) is 5.91 Å². The maximum Gasteiger partial charge on any atom is 0.237 e. The normalized spacial score (nSPS) is 19.7. The van der Waals surface area contributed by atoms with Gasteiger partial charge in [-0.3, -0.25) is 9.69 Å². The fourth-order valence-electron chi connectivity index (χ4n) is 3.03. The summed E-state index contributed by atoms with van der Waals surface area (Å²) >= 11 is 0. The third-order valence-corrected chi connectivity index (χ3v) is 4.28. The van der Waals surface area contributed by atoms with Crippen LogP contribution in [0.4, 0.5) is 0 Å². The van der Waals surface area contributed by atoms with E-state index in [-0.39, 0.29) is 18.0 Å². The van der Waals surface area contributed by atoms with Crippen LogP contribution in [0.25, 0.3) is 0 Å². The second-order valence-electron chi connectivity index (χ2n) is 5.54. The zero-order valence-corrected chi connectivity index (χ0v) is 13.1. The number of carbonyl (C=O) groups is 1. The van der Waals surface area contributed by atoms with Crippen LogP contribution in [0.1, 0.15) is 38.3 Å². The third-order valence-electron chi connectivity index (χ3n) is 4.28. The first-order chi connectivity index (χ1) is 10.3. The molecule has 1 saturated heterocycles. The minimum Gasteiger partial charge on any atom is -0.353 e. The third kappa shape index (κ3) is 4.29. The minimum atomic E-state index is -0.00173. The zero-order valence-electron chi connectivity index (χ0n) is 13.1. The van der Waals surface area contributed by atoms with Crippen molar-refractivity contribution in [3.63, 3.8) is 0 Å². The Kier molecular flexibility index (Phi) is 6.21. The van der Waals surface area contributed by atoms with Crippen LogP contribution in [0.3, 0.4) is 0 Å². The van der Waals surface area contributed by atoms with Crippen molar-refractivity contribution in [1.82, 2.24) is 15.5 Å². The molecule has 0 saturated carbocycles. The maximum absolute atomic E-state index is 12.2. The molecule has 1 fully saturated rings. The van der Waals surface area contributed by atoms with Crippen molar-refractivity contribution in [1.29, 1.82) is 0 Å². The Morgan fingerprint density at radius 1 is 1.33 bits per heavy atom. The first-order valence-electron chi connectivity index (χ1n) is 8.06. The molecule has 2 unspecified atom stereocenters. The number of rotatable bonds is 7. The number of likely N-dealkylation sites (N-methyl/N-ethyl adjacent to an activating group) is 1. The van der Waals surface area contributed by atoms with Gasteiger partial charge >= 0.3 is 0 Å². The number of hydrogen-bond donors (Lipinski definition) is 2. The molecule has 2 atom stereocenters. The first-order valence-corrected chi connectivity index (χ1v) is 8.06. The summed E-state index contributed by atoms with van der Waals surface area (Å²) in [4.78, 5) is 14.6. The van der Waals surface area contributed by atoms with Crippen molar-refractivity contribution in [2.75, 3.05) is 26.2 Å². The van der Waals surface area contributed by atoms with Crippen LogP contribution >= 0.6 is 0 Å². The van der Waals surface area contributed by atoms with Gasteiger partial charge in [0.1, 0.15) is 0 Å². The first kappa shape index (κ1) is 16.0. The quantitative estimate of drug-likeness (QED) is 0.806. The van der Waals surface area contributed by atoms with Crippen LogP contribution in [0.2, 0.25) is 0 Å². The molecular formula is C17H27N3O. The van der Waals surface area contributed by atoms with Crippen molar-refractivity contribution in [2.24, 2.45) is 0 Å². The van der Waals surface area contributed by atoms with Gasteiger partial charge in [0.15, 0.2) is 0 Å². The van der Waals surface area contributed by atoms with E-state index in [0.717, 1.165) is 32.5 Å². The molecule has 116 valence electrons. The van der Waals surface area contributed by atoms with E-state index in [1.54, 1.807) is 0 Å². The molecule has 4 nitrogen and oxygen atoms in total. The molecule has 2 rings (SSSR count). The molecule has 0 spiro atoms. The van der Waals surface area contributed by atoms with Gasteiger partial charge in [-0.1, -0.05) is 44.2 Å². The highest BCUT2D eigenvalue weighted by molar-refractivity contribution is 5.82. The average molecular weight is 289 g/mol. The van der Waals surface area contributed by atoms with Crippen LogP contribution in [0.15, 0.2) is 30.3 Å². The Hall–Kier alpha value is -1.39. The summed E-state index contributed by atoms with van der Waals surface area (Å²) < 4.78 is 0. The van der Waals surface area contributed by atoms with Crippen molar-refractivity contribution in [2.45, 2.75) is 38.8 Å². The van der Waals surface area contributed by atoms with Gasteiger partial charge in [0.05, 0.1) is 12.1 Å². The van der Waals surface area contributed by atoms with E-state index < -0.39 is 0 Å². The molecule has 1 heterocycles. The van der Waals surface area contributed by atoms with E-state index in [1.807, 2.05) is 6.07 Å². The van der Waals surface area contributed by atoms with Crippen LogP contribution in [0.5, 0.6) is 0 Å². The second-order valence-corrected chi connectivity index (χ2v) is 5.54. The minimum absolute atomic E-state index is 0.00173. The topological polar surface area (TPSA) is 44.4 Å². The van der Waals surface area contributed by atoms with Crippen molar-refractivity contribution < 1.29 is 4.79 Å². The predicted octanol–water partition coefficient (Wildman–Crippen LogP) is 1.94. The van der Waals surface area contributed by atoms with E-state index >= 15 is 0 Å². The molecule has 0 radical (unpaired) electrons. The van der Waals surface area contributed by atoms with Gasteiger partial charge in [0, 0.05) is 6.54 Å². The number of carbonyl (C=O) groups excluding carboxylic acids is 1. The van der Waals surface area contributed by atoms with Gasteiger partial charge in [-0.2, -0.15) is 0 Å². The van der Waals surface area contributed by atoms with E-state index in [4.69, 9.17) is 0 Å². The standard InChI is InChI=1S/C17H27N3O/c1-3-20(4-2)16(14-9-6-5-7-10-14)13-19-17(21)15-11-8-12-18-15/h5-7,9-10,15-16,18H,3-4,8,11-13H2,1-2H3,(H,19,21). The van der Waals surface area contributed by atoms with Crippen molar-refractivity contribution >= 4 is 5.91 Å². The molecular weight excluding hydrogens is 262 g/mol. The molecule has 1 aliphatic heterocycles. The van der Waals surface area contributed by atoms with Crippen molar-refractivity contribution in [3.05, 3.63) is 35.9 Å². The number of hydrogen-bond acceptors (Lipinski definition) is 3. The number of amides is 1. The number of nitrogens with zero attached hydrogens (tertiary/aromatic N) is 1. The van der Waals surface area contributed by atoms with Gasteiger partial charge in [0.25, 0.3) is 0 Å². The summed E-state index contributed by atoms with van der Waals surface area (Å²) in [5.41, 5.74) is 1.26. The van der Waals surface area contributed by atoms with Crippen molar-refractivity contribution in [3.8, 4) is 0 Å². The lowest BCUT2D eigenvalue weighted by molar-refractivity contribution is -0.123. The van der Waals surface area contributed by atoms with Crippen LogP contribution in [0, 0.1) is 0 Å². The lowest BCUT2D eigenvalue weighted by atomic mass is 10.0. The second kappa shape index (κ2) is 8.15. The Morgan fingerprint density at radius 3 is 2.62 bits per heavy atom. The summed E-state index contributed by atoms with van der Waals surface area (Å²) in [6.07, 6.45) is 2.04. The van der Waals surface area contributed by atoms with Gasteiger partial charge in [-0.25, -0.2) is 0 Å². The van der Waals surface area contributed by atoms with Gasteiger partial charge in [-0.15, -0.1) is 0 Å². The van der Waals surface area contributed by atoms with Gasteiger partial charge < -0.3 is 10.6 Å². The summed E-state index contributed by atoms with van der Waals surface area (Å²) in [6, 6.07) is 10.7. The predicted molar refractivity (Wildman–Crippen MR) is 86.1 cm³/mol. The monoisotopic (exact) mass is 289 g/mol. The highest BCUT2D eigenvalue weighted by Gasteiger charge is 2.24. The van der Waals surface area contributed by atoms with E-state index in [0.29, 0.717) is 6.54 Å². The summed E-state index contributed by atoms with van der Waals surface area (Å²) in [6.45, 7) is 7.92. The van der Waals surface area contributed by atoms with Crippen LogP contribution in [-0.4, -0.2) is 43.0 Å². The lowest BCUT2D eigenvalue weighted by Gasteiger charge is -2.30. The fourth-order valence-corrected chi connectivity index (χ4v) is 3.03. The Bertz CT molecular complexity index is 425. The highest BCUT2D eigenvalue weighted by Crippen LogP contribution is 2.19. The maximum atomic E-state index is 12.2. The molecule has 0 bridgehead atoms. The van der Waals surface area contributed by atoms with E-state index in [1.165, 1.54) is 5.56 Å². The van der Waals surface area contributed by atoms with Gasteiger partial charge in [-0.05, 0) is 38.0 Å². The number of nitrogens with one attached hydrogen (secondary N) is 2. The lowest BCUT2D eigenvalue weighted by Crippen LogP contribution is -2.44. The molecule has 0 aliphatic carbocycles. The largest absolute Gasteiger partial charge is 0.353 e. The molecule has 2 N–H and O–H groups in total. The summed E-state index contributed by atoms with van der Waals surface area (Å²) in [5, 5.41) is 6.38. The Labute approximate surface area is 127 Å². The van der Waals surface area contributed by atoms with Crippen LogP contribution < -0.4 is 10.6 Å². The summed E-state index contributed by atoms with van der Waals surface area (Å²) in [5.74, 6) is 0.139. The smallest absolute Gasteiger partial charge is 0.237 e. The van der Waals surface area contributed by atoms with E-state index in [2.05, 4.69) is 53.6 Å². The highest BCUT2D eigenvalue weighted by atomic mass is 16.2. The molecule has 1 aromatic carbocycles. The fraction of sp³-hybridized carbons (Fsp3) is 0.588. The molecule has 0 aromatic heterocycles. The molecule has 21 heavy (non-hydrogen) atoms. The van der Waals surface area contributed by atoms with E-state index in [9.17, 15) is 4.79 Å². The average Bonchev–Trinajstić information content (AvgIpc) is 3.06.